The predicted octanol–water partition coefficient (Wildman–Crippen LogP) is 2.41. The Hall–Kier alpha value is -5.00. The van der Waals surface area contributed by atoms with E-state index in [1.165, 1.54) is 12.1 Å². The van der Waals surface area contributed by atoms with Crippen molar-refractivity contribution in [2.24, 2.45) is 0 Å². The second-order valence-electron chi connectivity index (χ2n) is 9.24. The normalized spacial score (nSPS) is 16.0. The van der Waals surface area contributed by atoms with Crippen LogP contribution in [0.5, 0.6) is 0 Å². The Morgan fingerprint density at radius 1 is 0.950 bits per heavy atom. The number of rotatable bonds is 9. The lowest BCUT2D eigenvalue weighted by molar-refractivity contribution is -0.124. The van der Waals surface area contributed by atoms with Gasteiger partial charge in [0.2, 0.25) is 5.91 Å². The average molecular weight is 542 g/mol. The number of carboxylic acids is 1. The van der Waals surface area contributed by atoms with Crippen LogP contribution < -0.4 is 21.4 Å². The molecule has 11 heteroatoms. The number of fused-ring (bicyclic) bond motifs is 1. The van der Waals surface area contributed by atoms with Gasteiger partial charge in [0, 0.05) is 36.4 Å². The van der Waals surface area contributed by atoms with Gasteiger partial charge in [0.15, 0.2) is 0 Å². The maximum absolute atomic E-state index is 13.1. The van der Waals surface area contributed by atoms with Gasteiger partial charge in [0.05, 0.1) is 35.7 Å². The molecule has 204 valence electrons. The average Bonchev–Trinajstić information content (AvgIpc) is 3.29. The summed E-state index contributed by atoms with van der Waals surface area (Å²) in [4.78, 5) is 55.7. The number of nitrogens with one attached hydrogen (secondary N) is 4. The SMILES string of the molecule is O=C1CN(CCONC(=O)c2ccc(NC(=C3C(=O)Nc4cc(C(=O)O)ccc43)c3ccccc3)cc2)CCN1. The summed E-state index contributed by atoms with van der Waals surface area (Å²) in [7, 11) is 0. The fourth-order valence-corrected chi connectivity index (χ4v) is 4.52. The van der Waals surface area contributed by atoms with Crippen molar-refractivity contribution < 1.29 is 29.1 Å². The molecule has 0 spiro atoms. The second-order valence-corrected chi connectivity index (χ2v) is 9.24. The molecule has 40 heavy (non-hydrogen) atoms. The van der Waals surface area contributed by atoms with Crippen molar-refractivity contribution in [3.63, 3.8) is 0 Å². The fourth-order valence-electron chi connectivity index (χ4n) is 4.52. The maximum atomic E-state index is 13.1. The highest BCUT2D eigenvalue weighted by molar-refractivity contribution is 6.37. The van der Waals surface area contributed by atoms with Crippen LogP contribution in [0.2, 0.25) is 0 Å². The van der Waals surface area contributed by atoms with E-state index in [4.69, 9.17) is 4.84 Å². The molecule has 0 aliphatic carbocycles. The number of benzene rings is 3. The van der Waals surface area contributed by atoms with E-state index in [1.54, 1.807) is 30.3 Å². The van der Waals surface area contributed by atoms with Gasteiger partial charge in [-0.1, -0.05) is 36.4 Å². The zero-order chi connectivity index (χ0) is 28.1. The highest BCUT2D eigenvalue weighted by Gasteiger charge is 2.29. The topological polar surface area (TPSA) is 149 Å². The van der Waals surface area contributed by atoms with E-state index in [-0.39, 0.29) is 24.0 Å². The number of carboxylic acid groups (broad SMARTS) is 1. The van der Waals surface area contributed by atoms with E-state index in [0.29, 0.717) is 53.4 Å². The van der Waals surface area contributed by atoms with E-state index in [2.05, 4.69) is 21.4 Å². The molecule has 0 atom stereocenters. The Kier molecular flexibility index (Phi) is 7.85. The molecule has 11 nitrogen and oxygen atoms in total. The summed E-state index contributed by atoms with van der Waals surface area (Å²) in [6, 6.07) is 20.5. The van der Waals surface area contributed by atoms with Crippen LogP contribution in [-0.4, -0.2) is 66.5 Å². The Morgan fingerprint density at radius 3 is 2.42 bits per heavy atom. The Bertz CT molecular complexity index is 1490. The van der Waals surface area contributed by atoms with Crippen molar-refractivity contribution in [3.8, 4) is 0 Å². The number of amides is 3. The quantitative estimate of drug-likeness (QED) is 0.158. The smallest absolute Gasteiger partial charge is 0.335 e. The lowest BCUT2D eigenvalue weighted by Crippen LogP contribution is -2.48. The first-order valence-electron chi connectivity index (χ1n) is 12.7. The molecule has 0 aromatic heterocycles. The Labute approximate surface area is 229 Å². The van der Waals surface area contributed by atoms with Gasteiger partial charge in [0.25, 0.3) is 11.8 Å². The summed E-state index contributed by atoms with van der Waals surface area (Å²) in [5.41, 5.74) is 6.17. The lowest BCUT2D eigenvalue weighted by atomic mass is 9.99. The van der Waals surface area contributed by atoms with E-state index in [1.807, 2.05) is 35.2 Å². The number of hydrogen-bond donors (Lipinski definition) is 5. The molecule has 5 rings (SSSR count). The molecule has 1 saturated heterocycles. The van der Waals surface area contributed by atoms with E-state index in [9.17, 15) is 24.3 Å². The summed E-state index contributed by atoms with van der Waals surface area (Å²) in [6.45, 7) is 2.39. The van der Waals surface area contributed by atoms with Gasteiger partial charge in [-0.15, -0.1) is 0 Å². The summed E-state index contributed by atoms with van der Waals surface area (Å²) >= 11 is 0. The molecule has 2 aliphatic rings. The van der Waals surface area contributed by atoms with E-state index in [0.717, 1.165) is 12.1 Å². The number of nitrogens with zero attached hydrogens (tertiary/aromatic N) is 1. The highest BCUT2D eigenvalue weighted by atomic mass is 16.7. The molecule has 3 amide bonds. The zero-order valence-electron chi connectivity index (χ0n) is 21.4. The monoisotopic (exact) mass is 541 g/mol. The minimum Gasteiger partial charge on any atom is -0.478 e. The molecule has 2 heterocycles. The first-order chi connectivity index (χ1) is 19.4. The minimum absolute atomic E-state index is 0.0276. The number of hydroxylamine groups is 1. The van der Waals surface area contributed by atoms with Crippen molar-refractivity contribution in [1.29, 1.82) is 0 Å². The molecule has 3 aromatic carbocycles. The maximum Gasteiger partial charge on any atom is 0.335 e. The van der Waals surface area contributed by atoms with Crippen LogP contribution in [0.25, 0.3) is 11.3 Å². The standard InChI is InChI=1S/C29H27N5O6/c35-24-17-34(13-12-30-24)14-15-40-33-27(36)19-6-9-21(10-7-19)31-26(18-4-2-1-3-5-18)25-22-11-8-20(29(38)39)16-23(22)32-28(25)37/h1-11,16,31H,12-15,17H2,(H,30,35)(H,32,37)(H,33,36)(H,38,39). The van der Waals surface area contributed by atoms with Crippen LogP contribution >= 0.6 is 0 Å². The third kappa shape index (κ3) is 6.01. The summed E-state index contributed by atoms with van der Waals surface area (Å²) in [5, 5.41) is 18.1. The molecule has 2 aliphatic heterocycles. The summed E-state index contributed by atoms with van der Waals surface area (Å²) < 4.78 is 0. The zero-order valence-corrected chi connectivity index (χ0v) is 21.4. The van der Waals surface area contributed by atoms with Crippen LogP contribution in [0.4, 0.5) is 11.4 Å². The van der Waals surface area contributed by atoms with Crippen LogP contribution in [0, 0.1) is 0 Å². The van der Waals surface area contributed by atoms with Crippen LogP contribution in [0.15, 0.2) is 72.8 Å². The van der Waals surface area contributed by atoms with Gasteiger partial charge in [-0.2, -0.15) is 0 Å². The Balaban J connectivity index is 1.30. The van der Waals surface area contributed by atoms with Crippen molar-refractivity contribution >= 4 is 46.3 Å². The number of carbonyl (C=O) groups excluding carboxylic acids is 3. The van der Waals surface area contributed by atoms with Crippen molar-refractivity contribution in [1.82, 2.24) is 15.7 Å². The third-order valence-electron chi connectivity index (χ3n) is 6.53. The minimum atomic E-state index is -1.08. The first-order valence-corrected chi connectivity index (χ1v) is 12.7. The van der Waals surface area contributed by atoms with E-state index >= 15 is 0 Å². The number of anilines is 2. The molecule has 0 radical (unpaired) electrons. The molecule has 1 fully saturated rings. The molecular weight excluding hydrogens is 514 g/mol. The number of piperazine rings is 1. The van der Waals surface area contributed by atoms with Crippen LogP contribution in [-0.2, 0) is 14.4 Å². The molecule has 3 aromatic rings. The summed E-state index contributed by atoms with van der Waals surface area (Å²) in [6.07, 6.45) is 0. The Morgan fingerprint density at radius 2 is 1.70 bits per heavy atom. The molecule has 0 bridgehead atoms. The van der Waals surface area contributed by atoms with E-state index < -0.39 is 11.9 Å². The second kappa shape index (κ2) is 11.8. The number of carbonyl (C=O) groups is 4. The van der Waals surface area contributed by atoms with Gasteiger partial charge in [-0.3, -0.25) is 24.1 Å². The van der Waals surface area contributed by atoms with Crippen LogP contribution in [0.3, 0.4) is 0 Å². The lowest BCUT2D eigenvalue weighted by Gasteiger charge is -2.25. The van der Waals surface area contributed by atoms with Crippen molar-refractivity contribution in [3.05, 3.63) is 95.1 Å². The van der Waals surface area contributed by atoms with Gasteiger partial charge in [-0.05, 0) is 42.0 Å². The van der Waals surface area contributed by atoms with Gasteiger partial charge >= 0.3 is 5.97 Å². The number of aromatic carboxylic acids is 1. The van der Waals surface area contributed by atoms with Gasteiger partial charge < -0.3 is 21.1 Å². The van der Waals surface area contributed by atoms with Crippen molar-refractivity contribution in [2.75, 3.05) is 43.4 Å². The van der Waals surface area contributed by atoms with Crippen molar-refractivity contribution in [2.45, 2.75) is 0 Å². The van der Waals surface area contributed by atoms with Crippen LogP contribution in [0.1, 0.15) is 31.8 Å². The van der Waals surface area contributed by atoms with Gasteiger partial charge in [0.1, 0.15) is 0 Å². The fraction of sp³-hybridized carbons (Fsp3) is 0.172. The number of hydrogen-bond acceptors (Lipinski definition) is 7. The molecule has 0 saturated carbocycles. The highest BCUT2D eigenvalue weighted by Crippen LogP contribution is 2.38. The molecule has 5 N–H and O–H groups in total. The third-order valence-corrected chi connectivity index (χ3v) is 6.53. The largest absolute Gasteiger partial charge is 0.478 e. The molecule has 0 unspecified atom stereocenters. The summed E-state index contributed by atoms with van der Waals surface area (Å²) in [5.74, 6) is -1.88. The van der Waals surface area contributed by atoms with Gasteiger partial charge in [-0.25, -0.2) is 10.3 Å². The predicted molar refractivity (Wildman–Crippen MR) is 148 cm³/mol. The first kappa shape index (κ1) is 26.6. The molecular formula is C29H27N5O6.